The number of amides is 2. The predicted molar refractivity (Wildman–Crippen MR) is 42.8 cm³/mol. The molecule has 0 aliphatic carbocycles. The molecule has 1 unspecified atom stereocenters. The van der Waals surface area contributed by atoms with E-state index in [-0.39, 0.29) is 6.42 Å². The van der Waals surface area contributed by atoms with Crippen molar-refractivity contribution in [3.63, 3.8) is 0 Å². The Morgan fingerprint density at radius 1 is 1.50 bits per heavy atom. The largest absolute Gasteiger partial charge is 0.379 e. The zero-order valence-electron chi connectivity index (χ0n) is 6.62. The summed E-state index contributed by atoms with van der Waals surface area (Å²) in [6.45, 7) is 3.32. The summed E-state index contributed by atoms with van der Waals surface area (Å²) in [7, 11) is 0. The Morgan fingerprint density at radius 2 is 2.00 bits per heavy atom. The molecule has 0 aliphatic rings. The summed E-state index contributed by atoms with van der Waals surface area (Å²) in [5.74, 6) is -1.75. The van der Waals surface area contributed by atoms with E-state index in [1.54, 1.807) is 0 Å². The molecule has 5 heteroatoms. The molecule has 0 aromatic rings. The predicted octanol–water partition coefficient (Wildman–Crippen LogP) is -1.35. The number of carbonyl (C=O) groups is 2. The highest BCUT2D eigenvalue weighted by molar-refractivity contribution is 5.89. The minimum absolute atomic E-state index is 0.0781. The maximum Gasteiger partial charge on any atom is 0.250 e. The lowest BCUT2D eigenvalue weighted by molar-refractivity contribution is -0.141. The van der Waals surface area contributed by atoms with E-state index in [2.05, 4.69) is 6.58 Å². The lowest BCUT2D eigenvalue weighted by Crippen LogP contribution is -2.46. The van der Waals surface area contributed by atoms with E-state index in [9.17, 15) is 14.7 Å². The van der Waals surface area contributed by atoms with Crippen LogP contribution in [0, 0.1) is 0 Å². The third kappa shape index (κ3) is 2.71. The van der Waals surface area contributed by atoms with Crippen LogP contribution >= 0.6 is 0 Å². The minimum Gasteiger partial charge on any atom is -0.379 e. The molecule has 68 valence electrons. The molecule has 0 saturated carbocycles. The lowest BCUT2D eigenvalue weighted by Gasteiger charge is -2.20. The van der Waals surface area contributed by atoms with Gasteiger partial charge >= 0.3 is 0 Å². The van der Waals surface area contributed by atoms with Crippen LogP contribution in [0.25, 0.3) is 0 Å². The van der Waals surface area contributed by atoms with Crippen LogP contribution in [0.5, 0.6) is 0 Å². The van der Waals surface area contributed by atoms with Crippen LogP contribution in [0.1, 0.15) is 12.8 Å². The topological polar surface area (TPSA) is 106 Å². The van der Waals surface area contributed by atoms with E-state index in [0.29, 0.717) is 0 Å². The second-order valence-corrected chi connectivity index (χ2v) is 2.53. The van der Waals surface area contributed by atoms with Crippen LogP contribution in [0.2, 0.25) is 0 Å². The molecular weight excluding hydrogens is 160 g/mol. The summed E-state index contributed by atoms with van der Waals surface area (Å²) in [5.41, 5.74) is 7.79. The molecule has 0 saturated heterocycles. The Labute approximate surface area is 70.0 Å². The summed E-state index contributed by atoms with van der Waals surface area (Å²) in [5, 5.41) is 9.41. The van der Waals surface area contributed by atoms with Crippen LogP contribution in [-0.4, -0.2) is 22.5 Å². The van der Waals surface area contributed by atoms with Gasteiger partial charge in [-0.05, 0) is 0 Å². The molecular formula is C7H12N2O3. The van der Waals surface area contributed by atoms with E-state index in [0.717, 1.165) is 0 Å². The zero-order chi connectivity index (χ0) is 9.78. The van der Waals surface area contributed by atoms with Crippen molar-refractivity contribution in [2.75, 3.05) is 0 Å². The van der Waals surface area contributed by atoms with E-state index in [1.165, 1.54) is 6.08 Å². The van der Waals surface area contributed by atoms with Gasteiger partial charge in [-0.25, -0.2) is 0 Å². The first-order valence-corrected chi connectivity index (χ1v) is 3.34. The highest BCUT2D eigenvalue weighted by atomic mass is 16.3. The third-order valence-electron chi connectivity index (χ3n) is 1.41. The Bertz CT molecular complexity index is 215. The van der Waals surface area contributed by atoms with E-state index >= 15 is 0 Å². The van der Waals surface area contributed by atoms with Crippen LogP contribution in [-0.2, 0) is 9.59 Å². The van der Waals surface area contributed by atoms with Crippen molar-refractivity contribution >= 4 is 11.8 Å². The number of primary amides is 2. The fourth-order valence-corrected chi connectivity index (χ4v) is 0.787. The number of nitrogens with two attached hydrogens (primary N) is 2. The second kappa shape index (κ2) is 3.87. The molecule has 2 amide bonds. The van der Waals surface area contributed by atoms with Gasteiger partial charge in [0.2, 0.25) is 11.8 Å². The molecule has 0 bridgehead atoms. The summed E-state index contributed by atoms with van der Waals surface area (Å²) >= 11 is 0. The molecule has 0 spiro atoms. The van der Waals surface area contributed by atoms with Gasteiger partial charge < -0.3 is 16.6 Å². The van der Waals surface area contributed by atoms with Crippen LogP contribution in [0.15, 0.2) is 12.7 Å². The van der Waals surface area contributed by atoms with Gasteiger partial charge in [0.15, 0.2) is 5.60 Å². The van der Waals surface area contributed by atoms with Gasteiger partial charge in [0.25, 0.3) is 0 Å². The molecule has 0 aliphatic heterocycles. The Kier molecular flexibility index (Phi) is 3.43. The number of hydrogen-bond donors (Lipinski definition) is 3. The van der Waals surface area contributed by atoms with Gasteiger partial charge in [-0.15, -0.1) is 6.58 Å². The molecule has 0 aromatic heterocycles. The highest BCUT2D eigenvalue weighted by Gasteiger charge is 2.34. The minimum atomic E-state index is -1.88. The van der Waals surface area contributed by atoms with Crippen molar-refractivity contribution < 1.29 is 14.7 Å². The number of rotatable bonds is 5. The van der Waals surface area contributed by atoms with Gasteiger partial charge in [-0.2, -0.15) is 0 Å². The van der Waals surface area contributed by atoms with E-state index in [4.69, 9.17) is 11.5 Å². The molecule has 5 nitrogen and oxygen atoms in total. The van der Waals surface area contributed by atoms with Gasteiger partial charge in [-0.3, -0.25) is 9.59 Å². The summed E-state index contributed by atoms with van der Waals surface area (Å²) in [6, 6.07) is 0. The maximum atomic E-state index is 10.7. The van der Waals surface area contributed by atoms with E-state index in [1.807, 2.05) is 0 Å². The Morgan fingerprint density at radius 3 is 2.25 bits per heavy atom. The standard InChI is InChI=1S/C7H12N2O3/c1-2-3-7(12,6(9)11)4-5(8)10/h2,12H,1,3-4H2,(H2,8,10)(H2,9,11). The van der Waals surface area contributed by atoms with Crippen LogP contribution in [0.4, 0.5) is 0 Å². The summed E-state index contributed by atoms with van der Waals surface area (Å²) in [6.07, 6.45) is 0.743. The Balaban J connectivity index is 4.49. The fourth-order valence-electron chi connectivity index (χ4n) is 0.787. The third-order valence-corrected chi connectivity index (χ3v) is 1.41. The smallest absolute Gasteiger partial charge is 0.250 e. The first kappa shape index (κ1) is 10.6. The number of hydrogen-bond acceptors (Lipinski definition) is 3. The second-order valence-electron chi connectivity index (χ2n) is 2.53. The molecule has 12 heavy (non-hydrogen) atoms. The monoisotopic (exact) mass is 172 g/mol. The van der Waals surface area contributed by atoms with E-state index < -0.39 is 23.8 Å². The zero-order valence-corrected chi connectivity index (χ0v) is 6.62. The first-order chi connectivity index (χ1) is 5.42. The quantitative estimate of drug-likeness (QED) is 0.446. The molecule has 5 N–H and O–H groups in total. The molecule has 0 aromatic carbocycles. The highest BCUT2D eigenvalue weighted by Crippen LogP contribution is 2.14. The van der Waals surface area contributed by atoms with Gasteiger partial charge in [0.1, 0.15) is 0 Å². The van der Waals surface area contributed by atoms with Gasteiger partial charge in [0.05, 0.1) is 6.42 Å². The first-order valence-electron chi connectivity index (χ1n) is 3.34. The Hall–Kier alpha value is -1.36. The summed E-state index contributed by atoms with van der Waals surface area (Å²) < 4.78 is 0. The molecule has 0 radical (unpaired) electrons. The van der Waals surface area contributed by atoms with Crippen molar-refractivity contribution in [1.29, 1.82) is 0 Å². The number of carbonyl (C=O) groups excluding carboxylic acids is 2. The molecule has 0 fully saturated rings. The van der Waals surface area contributed by atoms with Crippen molar-refractivity contribution in [3.05, 3.63) is 12.7 Å². The lowest BCUT2D eigenvalue weighted by atomic mass is 9.94. The van der Waals surface area contributed by atoms with Crippen molar-refractivity contribution in [2.24, 2.45) is 11.5 Å². The average molecular weight is 172 g/mol. The average Bonchev–Trinajstić information content (AvgIpc) is 1.85. The normalized spacial score (nSPS) is 14.8. The van der Waals surface area contributed by atoms with Crippen LogP contribution in [0.3, 0.4) is 0 Å². The summed E-state index contributed by atoms with van der Waals surface area (Å²) in [4.78, 5) is 21.1. The number of aliphatic hydroxyl groups is 1. The van der Waals surface area contributed by atoms with Crippen molar-refractivity contribution in [2.45, 2.75) is 18.4 Å². The van der Waals surface area contributed by atoms with Crippen molar-refractivity contribution in [1.82, 2.24) is 0 Å². The SMILES string of the molecule is C=CCC(O)(CC(N)=O)C(N)=O. The van der Waals surface area contributed by atoms with Gasteiger partial charge in [-0.1, -0.05) is 6.08 Å². The van der Waals surface area contributed by atoms with Gasteiger partial charge in [0, 0.05) is 6.42 Å². The maximum absolute atomic E-state index is 10.7. The molecule has 1 atom stereocenters. The fraction of sp³-hybridized carbons (Fsp3) is 0.429. The van der Waals surface area contributed by atoms with Crippen molar-refractivity contribution in [3.8, 4) is 0 Å². The van der Waals surface area contributed by atoms with Crippen LogP contribution < -0.4 is 11.5 Å². The molecule has 0 rings (SSSR count). The molecule has 0 heterocycles.